The van der Waals surface area contributed by atoms with Crippen LogP contribution in [0.4, 0.5) is 0 Å². The van der Waals surface area contributed by atoms with Gasteiger partial charge >= 0.3 is 0 Å². The molecule has 0 spiro atoms. The van der Waals surface area contributed by atoms with E-state index in [4.69, 9.17) is 0 Å². The fraction of sp³-hybridized carbons (Fsp3) is 0.846. The summed E-state index contributed by atoms with van der Waals surface area (Å²) in [7, 11) is -0.917. The van der Waals surface area contributed by atoms with Gasteiger partial charge in [-0.25, -0.2) is 0 Å². The van der Waals surface area contributed by atoms with Gasteiger partial charge in [0.2, 0.25) is 0 Å². The van der Waals surface area contributed by atoms with Gasteiger partial charge in [0.1, 0.15) is 0 Å². The van der Waals surface area contributed by atoms with Crippen molar-refractivity contribution in [1.29, 1.82) is 0 Å². The first-order chi connectivity index (χ1) is 7.26. The normalized spacial score (nSPS) is 17.5. The number of allylic oxidation sites excluding steroid dienone is 2. The summed E-state index contributed by atoms with van der Waals surface area (Å²) >= 11 is 0. The zero-order chi connectivity index (χ0) is 11.1. The topological polar surface area (TPSA) is 3.01 Å². The van der Waals surface area contributed by atoms with E-state index in [1.165, 1.54) is 44.2 Å². The standard InChI is InChI=1S/C13H27NSi/c1-4-7-12-15(5-2,6-3)13-8-9-14-10-11-14/h4,7H,5-6,8-13H2,1-3H3. The lowest BCUT2D eigenvalue weighted by Gasteiger charge is -2.28. The van der Waals surface area contributed by atoms with Gasteiger partial charge in [-0.2, -0.15) is 0 Å². The minimum Gasteiger partial charge on any atom is -0.301 e. The molecule has 15 heavy (non-hydrogen) atoms. The predicted octanol–water partition coefficient (Wildman–Crippen LogP) is 3.76. The first-order valence-electron chi connectivity index (χ1n) is 6.60. The Morgan fingerprint density at radius 1 is 1.20 bits per heavy atom. The predicted molar refractivity (Wildman–Crippen MR) is 72.2 cm³/mol. The van der Waals surface area contributed by atoms with E-state index in [2.05, 4.69) is 37.8 Å². The number of hydrogen-bond acceptors (Lipinski definition) is 1. The fourth-order valence-corrected chi connectivity index (χ4v) is 5.97. The van der Waals surface area contributed by atoms with Crippen molar-refractivity contribution in [1.82, 2.24) is 4.90 Å². The van der Waals surface area contributed by atoms with E-state index in [0.29, 0.717) is 0 Å². The molecule has 0 saturated carbocycles. The van der Waals surface area contributed by atoms with E-state index in [0.717, 1.165) is 0 Å². The molecule has 0 atom stereocenters. The van der Waals surface area contributed by atoms with Gasteiger partial charge in [-0.1, -0.05) is 44.1 Å². The summed E-state index contributed by atoms with van der Waals surface area (Å²) in [5.74, 6) is 0. The summed E-state index contributed by atoms with van der Waals surface area (Å²) in [5.41, 5.74) is 0. The average Bonchev–Trinajstić information content (AvgIpc) is 3.07. The van der Waals surface area contributed by atoms with E-state index >= 15 is 0 Å². The van der Waals surface area contributed by atoms with Crippen molar-refractivity contribution in [3.63, 3.8) is 0 Å². The molecule has 88 valence electrons. The average molecular weight is 225 g/mol. The van der Waals surface area contributed by atoms with Crippen molar-refractivity contribution in [2.45, 2.75) is 51.4 Å². The Kier molecular flexibility index (Phi) is 5.62. The van der Waals surface area contributed by atoms with E-state index in [1.54, 1.807) is 6.04 Å². The van der Waals surface area contributed by atoms with Crippen molar-refractivity contribution in [3.05, 3.63) is 12.2 Å². The highest BCUT2D eigenvalue weighted by molar-refractivity contribution is 6.80. The van der Waals surface area contributed by atoms with Crippen LogP contribution in [0.3, 0.4) is 0 Å². The third-order valence-electron chi connectivity index (χ3n) is 4.01. The first kappa shape index (κ1) is 13.0. The third kappa shape index (κ3) is 4.52. The molecule has 1 saturated heterocycles. The number of hydrogen-bond donors (Lipinski definition) is 0. The maximum atomic E-state index is 2.56. The second kappa shape index (κ2) is 6.49. The van der Waals surface area contributed by atoms with Gasteiger partial charge in [0.25, 0.3) is 0 Å². The number of rotatable bonds is 8. The smallest absolute Gasteiger partial charge is 0.0568 e. The Hall–Kier alpha value is -0.0831. The van der Waals surface area contributed by atoms with E-state index in [9.17, 15) is 0 Å². The molecule has 0 aliphatic carbocycles. The molecule has 0 aromatic rings. The van der Waals surface area contributed by atoms with Crippen LogP contribution in [0, 0.1) is 0 Å². The second-order valence-electron chi connectivity index (χ2n) is 4.93. The highest BCUT2D eigenvalue weighted by Crippen LogP contribution is 2.28. The highest BCUT2D eigenvalue weighted by atomic mass is 28.3. The van der Waals surface area contributed by atoms with Gasteiger partial charge in [0.15, 0.2) is 0 Å². The summed E-state index contributed by atoms with van der Waals surface area (Å²) in [4.78, 5) is 2.56. The minimum absolute atomic E-state index is 0.917. The maximum absolute atomic E-state index is 2.56. The Morgan fingerprint density at radius 2 is 1.87 bits per heavy atom. The van der Waals surface area contributed by atoms with E-state index < -0.39 is 8.07 Å². The summed E-state index contributed by atoms with van der Waals surface area (Å²) in [5, 5.41) is 0. The third-order valence-corrected chi connectivity index (χ3v) is 9.52. The molecule has 0 aromatic carbocycles. The Bertz CT molecular complexity index is 193. The monoisotopic (exact) mass is 225 g/mol. The molecule has 1 rings (SSSR count). The van der Waals surface area contributed by atoms with Crippen LogP contribution in [-0.4, -0.2) is 32.6 Å². The molecule has 2 heteroatoms. The van der Waals surface area contributed by atoms with E-state index in [-0.39, 0.29) is 0 Å². The molecule has 1 aliphatic heterocycles. The molecule has 0 amide bonds. The SMILES string of the molecule is CC=CC[Si](CC)(CC)CCCN1CC1. The highest BCUT2D eigenvalue weighted by Gasteiger charge is 2.27. The van der Waals surface area contributed by atoms with Gasteiger partial charge in [-0.3, -0.25) is 0 Å². The van der Waals surface area contributed by atoms with E-state index in [1.807, 2.05) is 0 Å². The van der Waals surface area contributed by atoms with Gasteiger partial charge in [0.05, 0.1) is 8.07 Å². The first-order valence-corrected chi connectivity index (χ1v) is 9.42. The molecular weight excluding hydrogens is 198 g/mol. The summed E-state index contributed by atoms with van der Waals surface area (Å²) in [6.45, 7) is 11.1. The van der Waals surface area contributed by atoms with Gasteiger partial charge < -0.3 is 4.90 Å². The molecule has 0 unspecified atom stereocenters. The van der Waals surface area contributed by atoms with Crippen molar-refractivity contribution >= 4 is 8.07 Å². The van der Waals surface area contributed by atoms with Crippen LogP contribution in [0.25, 0.3) is 0 Å². The van der Waals surface area contributed by atoms with Crippen LogP contribution in [0.1, 0.15) is 27.2 Å². The number of nitrogens with zero attached hydrogens (tertiary/aromatic N) is 1. The van der Waals surface area contributed by atoms with Crippen molar-refractivity contribution in [3.8, 4) is 0 Å². The summed E-state index contributed by atoms with van der Waals surface area (Å²) in [6.07, 6.45) is 6.10. The zero-order valence-electron chi connectivity index (χ0n) is 10.8. The molecule has 1 nitrogen and oxygen atoms in total. The lowest BCUT2D eigenvalue weighted by Crippen LogP contribution is -2.31. The van der Waals surface area contributed by atoms with Gasteiger partial charge in [-0.15, -0.1) is 0 Å². The van der Waals surface area contributed by atoms with Crippen molar-refractivity contribution < 1.29 is 0 Å². The molecule has 1 heterocycles. The Morgan fingerprint density at radius 3 is 2.33 bits per heavy atom. The quantitative estimate of drug-likeness (QED) is 0.345. The van der Waals surface area contributed by atoms with Crippen LogP contribution in [0.5, 0.6) is 0 Å². The fourth-order valence-electron chi connectivity index (χ4n) is 2.33. The van der Waals surface area contributed by atoms with Gasteiger partial charge in [-0.05, 0) is 25.9 Å². The Balaban J connectivity index is 2.31. The van der Waals surface area contributed by atoms with Crippen LogP contribution in [0.2, 0.25) is 24.2 Å². The van der Waals surface area contributed by atoms with Crippen LogP contribution in [0.15, 0.2) is 12.2 Å². The molecule has 0 N–H and O–H groups in total. The Labute approximate surface area is 96.6 Å². The van der Waals surface area contributed by atoms with Crippen molar-refractivity contribution in [2.24, 2.45) is 0 Å². The molecule has 0 radical (unpaired) electrons. The second-order valence-corrected chi connectivity index (χ2v) is 10.2. The lowest BCUT2D eigenvalue weighted by atomic mass is 10.5. The van der Waals surface area contributed by atoms with Crippen LogP contribution in [-0.2, 0) is 0 Å². The largest absolute Gasteiger partial charge is 0.301 e. The molecule has 1 aliphatic rings. The van der Waals surface area contributed by atoms with Gasteiger partial charge in [0, 0.05) is 13.1 Å². The summed E-state index contributed by atoms with van der Waals surface area (Å²) in [6, 6.07) is 5.89. The zero-order valence-corrected chi connectivity index (χ0v) is 11.8. The molecule has 1 fully saturated rings. The van der Waals surface area contributed by atoms with Crippen molar-refractivity contribution in [2.75, 3.05) is 19.6 Å². The van der Waals surface area contributed by atoms with Crippen LogP contribution >= 0.6 is 0 Å². The van der Waals surface area contributed by atoms with Crippen LogP contribution < -0.4 is 0 Å². The molecular formula is C13H27NSi. The molecule has 0 aromatic heterocycles. The summed E-state index contributed by atoms with van der Waals surface area (Å²) < 4.78 is 0. The maximum Gasteiger partial charge on any atom is 0.0568 e. The minimum atomic E-state index is -0.917. The molecule has 0 bridgehead atoms. The lowest BCUT2D eigenvalue weighted by molar-refractivity contribution is 0.549.